The second-order valence-electron chi connectivity index (χ2n) is 11.8. The van der Waals surface area contributed by atoms with E-state index in [0.717, 1.165) is 23.1 Å². The zero-order valence-electron chi connectivity index (χ0n) is 25.9. The molecule has 244 valence electrons. The van der Waals surface area contributed by atoms with Crippen LogP contribution in [0.4, 0.5) is 4.79 Å². The first-order chi connectivity index (χ1) is 21.3. The van der Waals surface area contributed by atoms with E-state index in [2.05, 4.69) is 0 Å². The normalized spacial score (nSPS) is 18.5. The Labute approximate surface area is 278 Å². The monoisotopic (exact) mass is 680 g/mol. The van der Waals surface area contributed by atoms with Crippen molar-refractivity contribution in [1.29, 1.82) is 0 Å². The standard InChI is InChI=1S/C33H39Cl3N2O7/c1-21(40)37-18-25-17-26(23-13-11-22(12-14-23)8-7-15-39)27(20-44-30(41)16-24-9-5-6-10-29(24)43-4)28(19-37)38(25)31(42)45-32(2,3)33(34,35)36/h5-6,9-14,25,28,39H,7-8,15-20H2,1-4H3. The van der Waals surface area contributed by atoms with E-state index in [1.165, 1.54) is 27.9 Å². The van der Waals surface area contributed by atoms with Gasteiger partial charge in [-0.05, 0) is 61.4 Å². The van der Waals surface area contributed by atoms with E-state index in [0.29, 0.717) is 29.7 Å². The molecule has 9 nitrogen and oxygen atoms in total. The summed E-state index contributed by atoms with van der Waals surface area (Å²) < 4.78 is 15.1. The molecule has 2 aromatic rings. The SMILES string of the molecule is COc1ccccc1CC(=O)OCC1=C(c2ccc(CCCO)cc2)CC2CN(C(C)=O)CC1N2C(=O)OC(C)(C)C(Cl)(Cl)Cl. The lowest BCUT2D eigenvalue weighted by molar-refractivity contribution is -0.142. The first-order valence-corrected chi connectivity index (χ1v) is 15.9. The molecule has 2 atom stereocenters. The second kappa shape index (κ2) is 14.6. The maximum atomic E-state index is 13.8. The van der Waals surface area contributed by atoms with Crippen LogP contribution in [0.15, 0.2) is 54.1 Å². The number of alkyl halides is 3. The van der Waals surface area contributed by atoms with E-state index in [1.807, 2.05) is 36.4 Å². The van der Waals surface area contributed by atoms with Crippen molar-refractivity contribution in [3.63, 3.8) is 0 Å². The molecule has 1 saturated heterocycles. The van der Waals surface area contributed by atoms with Gasteiger partial charge in [-0.15, -0.1) is 0 Å². The van der Waals surface area contributed by atoms with Gasteiger partial charge in [-0.1, -0.05) is 77.3 Å². The van der Waals surface area contributed by atoms with Gasteiger partial charge in [0.1, 0.15) is 12.4 Å². The molecular weight excluding hydrogens is 643 g/mol. The number of carbonyl (C=O) groups is 3. The molecule has 0 spiro atoms. The summed E-state index contributed by atoms with van der Waals surface area (Å²) in [4.78, 5) is 42.8. The Hall–Kier alpha value is -2.98. The van der Waals surface area contributed by atoms with Crippen molar-refractivity contribution in [2.24, 2.45) is 0 Å². The predicted octanol–water partition coefficient (Wildman–Crippen LogP) is 5.75. The highest BCUT2D eigenvalue weighted by Crippen LogP contribution is 2.43. The molecule has 0 aromatic heterocycles. The molecule has 2 unspecified atom stereocenters. The summed E-state index contributed by atoms with van der Waals surface area (Å²) in [6.45, 7) is 4.96. The van der Waals surface area contributed by atoms with E-state index in [1.54, 1.807) is 21.9 Å². The van der Waals surface area contributed by atoms with Crippen LogP contribution in [0.25, 0.3) is 5.57 Å². The summed E-state index contributed by atoms with van der Waals surface area (Å²) in [5, 5.41) is 9.24. The average molecular weight is 682 g/mol. The van der Waals surface area contributed by atoms with Gasteiger partial charge in [0, 0.05) is 32.2 Å². The highest BCUT2D eigenvalue weighted by atomic mass is 35.6. The molecule has 4 rings (SSSR count). The van der Waals surface area contributed by atoms with Crippen molar-refractivity contribution in [3.8, 4) is 5.75 Å². The van der Waals surface area contributed by atoms with Crippen molar-refractivity contribution < 1.29 is 33.7 Å². The largest absolute Gasteiger partial charge is 0.496 e. The third kappa shape index (κ3) is 8.25. The Morgan fingerprint density at radius 1 is 1.02 bits per heavy atom. The number of fused-ring (bicyclic) bond motifs is 2. The number of aliphatic hydroxyl groups is 1. The van der Waals surface area contributed by atoms with Crippen molar-refractivity contribution in [2.45, 2.75) is 67.9 Å². The minimum Gasteiger partial charge on any atom is -0.496 e. The number of aliphatic hydroxyl groups excluding tert-OH is 1. The van der Waals surface area contributed by atoms with Gasteiger partial charge in [0.25, 0.3) is 0 Å². The smallest absolute Gasteiger partial charge is 0.411 e. The Morgan fingerprint density at radius 3 is 2.33 bits per heavy atom. The molecule has 12 heteroatoms. The number of nitrogens with zero attached hydrogens (tertiary/aromatic N) is 2. The molecule has 2 aliphatic heterocycles. The van der Waals surface area contributed by atoms with Crippen LogP contribution >= 0.6 is 34.8 Å². The maximum absolute atomic E-state index is 13.8. The van der Waals surface area contributed by atoms with Crippen molar-refractivity contribution in [2.75, 3.05) is 33.4 Å². The summed E-state index contributed by atoms with van der Waals surface area (Å²) in [6.07, 6.45) is 1.06. The number of ether oxygens (including phenoxy) is 3. The summed E-state index contributed by atoms with van der Waals surface area (Å²) in [5.74, 6) is -0.0339. The lowest BCUT2D eigenvalue weighted by atomic mass is 9.82. The lowest BCUT2D eigenvalue weighted by Crippen LogP contribution is -2.65. The van der Waals surface area contributed by atoms with Crippen LogP contribution in [0.3, 0.4) is 0 Å². The fourth-order valence-electron chi connectivity index (χ4n) is 5.70. The number of benzene rings is 2. The van der Waals surface area contributed by atoms with Gasteiger partial charge >= 0.3 is 12.1 Å². The minimum absolute atomic E-state index is 0.0117. The highest BCUT2D eigenvalue weighted by molar-refractivity contribution is 6.68. The van der Waals surface area contributed by atoms with E-state index >= 15 is 0 Å². The molecule has 0 radical (unpaired) electrons. The van der Waals surface area contributed by atoms with Crippen LogP contribution in [-0.4, -0.2) is 87.8 Å². The lowest BCUT2D eigenvalue weighted by Gasteiger charge is -2.51. The quantitative estimate of drug-likeness (QED) is 0.252. The number of amides is 2. The van der Waals surface area contributed by atoms with Crippen LogP contribution in [0.5, 0.6) is 5.75 Å². The number of hydrogen-bond donors (Lipinski definition) is 1. The Kier molecular flexibility index (Phi) is 11.3. The Balaban J connectivity index is 1.71. The molecular formula is C33H39Cl3N2O7. The van der Waals surface area contributed by atoms with Gasteiger partial charge in [-0.3, -0.25) is 14.5 Å². The topological polar surface area (TPSA) is 106 Å². The van der Waals surface area contributed by atoms with Crippen LogP contribution in [0.1, 0.15) is 50.3 Å². The van der Waals surface area contributed by atoms with E-state index in [9.17, 15) is 19.5 Å². The third-order valence-corrected chi connectivity index (χ3v) is 9.67. The molecule has 1 N–H and O–H groups in total. The second-order valence-corrected chi connectivity index (χ2v) is 14.0. The fraction of sp³-hybridized carbons (Fsp3) is 0.485. The maximum Gasteiger partial charge on any atom is 0.411 e. The fourth-order valence-corrected chi connectivity index (χ4v) is 5.81. The summed E-state index contributed by atoms with van der Waals surface area (Å²) in [5.41, 5.74) is 2.82. The van der Waals surface area contributed by atoms with Gasteiger partial charge in [-0.25, -0.2) is 4.79 Å². The van der Waals surface area contributed by atoms with Crippen molar-refractivity contribution >= 4 is 58.3 Å². The summed E-state index contributed by atoms with van der Waals surface area (Å²) in [7, 11) is 1.54. The van der Waals surface area contributed by atoms with Crippen LogP contribution in [0, 0.1) is 0 Å². The summed E-state index contributed by atoms with van der Waals surface area (Å²) >= 11 is 18.4. The molecule has 0 saturated carbocycles. The van der Waals surface area contributed by atoms with Crippen molar-refractivity contribution in [1.82, 2.24) is 9.80 Å². The predicted molar refractivity (Wildman–Crippen MR) is 174 cm³/mol. The first kappa shape index (κ1) is 34.9. The summed E-state index contributed by atoms with van der Waals surface area (Å²) in [6, 6.07) is 14.1. The molecule has 2 heterocycles. The number of halogens is 3. The first-order valence-electron chi connectivity index (χ1n) is 14.8. The molecule has 0 aliphatic carbocycles. The number of hydrogen-bond acceptors (Lipinski definition) is 7. The van der Waals surface area contributed by atoms with E-state index < -0.39 is 33.5 Å². The number of methoxy groups -OCH3 is 1. The number of piperazine rings is 1. The van der Waals surface area contributed by atoms with Gasteiger partial charge < -0.3 is 24.2 Å². The number of para-hydroxylation sites is 1. The van der Waals surface area contributed by atoms with Crippen LogP contribution in [0.2, 0.25) is 0 Å². The van der Waals surface area contributed by atoms with Gasteiger partial charge in [0.05, 0.1) is 25.6 Å². The molecule has 2 aliphatic rings. The number of aryl methyl sites for hydroxylation is 1. The number of rotatable bonds is 10. The molecule has 2 bridgehead atoms. The molecule has 1 fully saturated rings. The van der Waals surface area contributed by atoms with Gasteiger partial charge in [-0.2, -0.15) is 0 Å². The number of carbonyl (C=O) groups excluding carboxylic acids is 3. The molecule has 45 heavy (non-hydrogen) atoms. The van der Waals surface area contributed by atoms with Gasteiger partial charge in [0.2, 0.25) is 9.70 Å². The minimum atomic E-state index is -1.89. The van der Waals surface area contributed by atoms with E-state index in [-0.39, 0.29) is 38.6 Å². The number of esters is 1. The molecule has 2 amide bonds. The Morgan fingerprint density at radius 2 is 1.71 bits per heavy atom. The average Bonchev–Trinajstić information content (AvgIpc) is 2.98. The van der Waals surface area contributed by atoms with Crippen LogP contribution < -0.4 is 4.74 Å². The highest BCUT2D eigenvalue weighted by Gasteiger charge is 2.50. The van der Waals surface area contributed by atoms with Gasteiger partial charge in [0.15, 0.2) is 5.60 Å². The van der Waals surface area contributed by atoms with Crippen LogP contribution in [-0.2, 0) is 31.9 Å². The molecule has 2 aromatic carbocycles. The zero-order chi connectivity index (χ0) is 32.9. The zero-order valence-corrected chi connectivity index (χ0v) is 28.1. The Bertz CT molecular complexity index is 1420. The van der Waals surface area contributed by atoms with Crippen molar-refractivity contribution in [3.05, 3.63) is 70.8 Å². The third-order valence-electron chi connectivity index (χ3n) is 8.31. The van der Waals surface area contributed by atoms with E-state index in [4.69, 9.17) is 49.0 Å².